The molecular weight excluding hydrogens is 286 g/mol. The van der Waals surface area contributed by atoms with Crippen molar-refractivity contribution < 1.29 is 4.79 Å². The second-order valence-electron chi connectivity index (χ2n) is 4.55. The molecule has 21 heavy (non-hydrogen) atoms. The molecule has 1 aromatic heterocycles. The molecule has 2 aromatic carbocycles. The molecule has 0 spiro atoms. The monoisotopic (exact) mass is 297 g/mol. The Kier molecular flexibility index (Phi) is 3.46. The Morgan fingerprint density at radius 2 is 1.86 bits per heavy atom. The summed E-state index contributed by atoms with van der Waals surface area (Å²) in [5, 5.41) is 5.05. The number of nitrogens with two attached hydrogens (primary N) is 1. The van der Waals surface area contributed by atoms with Crippen LogP contribution in [-0.4, -0.2) is 15.7 Å². The van der Waals surface area contributed by atoms with Crippen LogP contribution in [0.2, 0.25) is 5.02 Å². The number of primary amides is 1. The molecule has 0 aliphatic heterocycles. The molecule has 2 N–H and O–H groups in total. The van der Waals surface area contributed by atoms with Crippen LogP contribution in [0.3, 0.4) is 0 Å². The maximum absolute atomic E-state index is 11.7. The average Bonchev–Trinajstić information content (AvgIpc) is 2.93. The van der Waals surface area contributed by atoms with Gasteiger partial charge in [0.15, 0.2) is 0 Å². The molecule has 3 rings (SSSR count). The van der Waals surface area contributed by atoms with Gasteiger partial charge in [-0.05, 0) is 24.3 Å². The minimum Gasteiger partial charge on any atom is -0.365 e. The lowest BCUT2D eigenvalue weighted by atomic mass is 10.1. The smallest absolute Gasteiger partial charge is 0.252 e. The first-order chi connectivity index (χ1) is 10.1. The summed E-state index contributed by atoms with van der Waals surface area (Å²) in [6.45, 7) is 0. The zero-order chi connectivity index (χ0) is 14.8. The number of amides is 1. The Morgan fingerprint density at radius 3 is 2.52 bits per heavy atom. The van der Waals surface area contributed by atoms with E-state index < -0.39 is 5.91 Å². The molecule has 3 aromatic rings. The fraction of sp³-hybridized carbons (Fsp3) is 0. The van der Waals surface area contributed by atoms with Crippen LogP contribution in [-0.2, 0) is 0 Å². The number of aromatic nitrogens is 2. The van der Waals surface area contributed by atoms with Crippen molar-refractivity contribution in [1.29, 1.82) is 0 Å². The summed E-state index contributed by atoms with van der Waals surface area (Å²) in [5.41, 5.74) is 7.95. The first-order valence-electron chi connectivity index (χ1n) is 6.36. The Balaban J connectivity index is 2.16. The van der Waals surface area contributed by atoms with Gasteiger partial charge < -0.3 is 5.73 Å². The third-order valence-electron chi connectivity index (χ3n) is 3.10. The van der Waals surface area contributed by atoms with Crippen molar-refractivity contribution in [2.75, 3.05) is 0 Å². The molecule has 4 nitrogen and oxygen atoms in total. The van der Waals surface area contributed by atoms with E-state index in [1.54, 1.807) is 23.0 Å². The quantitative estimate of drug-likeness (QED) is 0.806. The Morgan fingerprint density at radius 1 is 1.10 bits per heavy atom. The fourth-order valence-electron chi connectivity index (χ4n) is 2.12. The van der Waals surface area contributed by atoms with E-state index in [0.717, 1.165) is 11.3 Å². The van der Waals surface area contributed by atoms with Gasteiger partial charge in [-0.1, -0.05) is 41.9 Å². The highest BCUT2D eigenvalue weighted by Crippen LogP contribution is 2.25. The standard InChI is InChI=1S/C16H12ClN3O/c17-12-6-4-5-11(9-12)15-14(16(18)21)10-20(19-15)13-7-2-1-3-8-13/h1-10H,(H2,18,21). The number of carbonyl (C=O) groups is 1. The van der Waals surface area contributed by atoms with Gasteiger partial charge in [-0.15, -0.1) is 0 Å². The van der Waals surface area contributed by atoms with Crippen LogP contribution < -0.4 is 5.73 Å². The topological polar surface area (TPSA) is 60.9 Å². The van der Waals surface area contributed by atoms with E-state index in [4.69, 9.17) is 17.3 Å². The van der Waals surface area contributed by atoms with Crippen LogP contribution in [0, 0.1) is 0 Å². The number of rotatable bonds is 3. The maximum Gasteiger partial charge on any atom is 0.252 e. The second-order valence-corrected chi connectivity index (χ2v) is 4.98. The normalized spacial score (nSPS) is 10.5. The van der Waals surface area contributed by atoms with Crippen molar-refractivity contribution in [3.63, 3.8) is 0 Å². The fourth-order valence-corrected chi connectivity index (χ4v) is 2.31. The van der Waals surface area contributed by atoms with Crippen molar-refractivity contribution in [2.45, 2.75) is 0 Å². The average molecular weight is 298 g/mol. The van der Waals surface area contributed by atoms with Gasteiger partial charge in [0.2, 0.25) is 0 Å². The van der Waals surface area contributed by atoms with Crippen LogP contribution in [0.4, 0.5) is 0 Å². The summed E-state index contributed by atoms with van der Waals surface area (Å²) in [6.07, 6.45) is 1.63. The van der Waals surface area contributed by atoms with Crippen molar-refractivity contribution in [2.24, 2.45) is 5.73 Å². The van der Waals surface area contributed by atoms with E-state index in [9.17, 15) is 4.79 Å². The Labute approximate surface area is 126 Å². The minimum absolute atomic E-state index is 0.362. The van der Waals surface area contributed by atoms with Gasteiger partial charge in [0.25, 0.3) is 5.91 Å². The number of para-hydroxylation sites is 1. The lowest BCUT2D eigenvalue weighted by Gasteiger charge is -2.01. The SMILES string of the molecule is NC(=O)c1cn(-c2ccccc2)nc1-c1cccc(Cl)c1. The summed E-state index contributed by atoms with van der Waals surface area (Å²) in [6, 6.07) is 16.7. The van der Waals surface area contributed by atoms with E-state index in [-0.39, 0.29) is 0 Å². The second kappa shape index (κ2) is 5.42. The van der Waals surface area contributed by atoms with Gasteiger partial charge in [-0.3, -0.25) is 4.79 Å². The highest BCUT2D eigenvalue weighted by molar-refractivity contribution is 6.30. The molecule has 0 bridgehead atoms. The summed E-state index contributed by atoms with van der Waals surface area (Å²) < 4.78 is 1.64. The number of nitrogens with zero attached hydrogens (tertiary/aromatic N) is 2. The lowest BCUT2D eigenvalue weighted by molar-refractivity contribution is 0.100. The number of benzene rings is 2. The van der Waals surface area contributed by atoms with Crippen molar-refractivity contribution >= 4 is 17.5 Å². The third-order valence-corrected chi connectivity index (χ3v) is 3.33. The van der Waals surface area contributed by atoms with E-state index in [1.165, 1.54) is 0 Å². The van der Waals surface area contributed by atoms with E-state index in [2.05, 4.69) is 5.10 Å². The summed E-state index contributed by atoms with van der Waals surface area (Å²) in [4.78, 5) is 11.7. The van der Waals surface area contributed by atoms with E-state index in [1.807, 2.05) is 42.5 Å². The molecule has 5 heteroatoms. The van der Waals surface area contributed by atoms with Gasteiger partial charge in [0, 0.05) is 16.8 Å². The zero-order valence-electron chi connectivity index (χ0n) is 11.0. The minimum atomic E-state index is -0.521. The zero-order valence-corrected chi connectivity index (χ0v) is 11.8. The van der Waals surface area contributed by atoms with Crippen LogP contribution in [0.5, 0.6) is 0 Å². The van der Waals surface area contributed by atoms with Gasteiger partial charge in [-0.25, -0.2) is 4.68 Å². The number of carbonyl (C=O) groups excluding carboxylic acids is 1. The Bertz CT molecular complexity index is 796. The molecule has 0 fully saturated rings. The van der Waals surface area contributed by atoms with Crippen molar-refractivity contribution in [3.05, 3.63) is 71.4 Å². The van der Waals surface area contributed by atoms with Crippen LogP contribution in [0.25, 0.3) is 16.9 Å². The molecule has 0 aliphatic carbocycles. The van der Waals surface area contributed by atoms with Gasteiger partial charge in [0.1, 0.15) is 5.69 Å². The first-order valence-corrected chi connectivity index (χ1v) is 6.74. The molecule has 0 unspecified atom stereocenters. The number of hydrogen-bond acceptors (Lipinski definition) is 2. The molecule has 104 valence electrons. The van der Waals surface area contributed by atoms with Crippen molar-refractivity contribution in [3.8, 4) is 16.9 Å². The highest BCUT2D eigenvalue weighted by Gasteiger charge is 2.16. The maximum atomic E-state index is 11.7. The summed E-state index contributed by atoms with van der Waals surface area (Å²) in [7, 11) is 0. The van der Waals surface area contributed by atoms with E-state index >= 15 is 0 Å². The Hall–Kier alpha value is -2.59. The largest absolute Gasteiger partial charge is 0.365 e. The summed E-state index contributed by atoms with van der Waals surface area (Å²) in [5.74, 6) is -0.521. The van der Waals surface area contributed by atoms with Crippen LogP contribution in [0.15, 0.2) is 60.8 Å². The molecule has 0 aliphatic rings. The number of hydrogen-bond donors (Lipinski definition) is 1. The van der Waals surface area contributed by atoms with Crippen molar-refractivity contribution in [1.82, 2.24) is 9.78 Å². The molecule has 0 radical (unpaired) electrons. The lowest BCUT2D eigenvalue weighted by Crippen LogP contribution is -2.11. The van der Waals surface area contributed by atoms with Gasteiger partial charge in [-0.2, -0.15) is 5.10 Å². The number of halogens is 1. The van der Waals surface area contributed by atoms with E-state index in [0.29, 0.717) is 16.3 Å². The molecule has 0 saturated heterocycles. The first kappa shape index (κ1) is 13.4. The van der Waals surface area contributed by atoms with Crippen LogP contribution in [0.1, 0.15) is 10.4 Å². The predicted octanol–water partition coefficient (Wildman–Crippen LogP) is 3.29. The van der Waals surface area contributed by atoms with Gasteiger partial charge >= 0.3 is 0 Å². The predicted molar refractivity (Wildman–Crippen MR) is 82.5 cm³/mol. The van der Waals surface area contributed by atoms with Gasteiger partial charge in [0.05, 0.1) is 11.3 Å². The molecule has 1 amide bonds. The molecule has 0 saturated carbocycles. The highest BCUT2D eigenvalue weighted by atomic mass is 35.5. The third kappa shape index (κ3) is 2.66. The molecule has 1 heterocycles. The van der Waals surface area contributed by atoms with Crippen LogP contribution >= 0.6 is 11.6 Å². The summed E-state index contributed by atoms with van der Waals surface area (Å²) >= 11 is 6.00. The molecular formula is C16H12ClN3O. The molecule has 0 atom stereocenters.